The predicted molar refractivity (Wildman–Crippen MR) is 104 cm³/mol. The zero-order valence-corrected chi connectivity index (χ0v) is 15.5. The normalized spacial score (nSPS) is 10.6. The van der Waals surface area contributed by atoms with Gasteiger partial charge in [-0.05, 0) is 62.6 Å². The van der Waals surface area contributed by atoms with E-state index in [0.29, 0.717) is 12.1 Å². The van der Waals surface area contributed by atoms with E-state index in [-0.39, 0.29) is 5.91 Å². The van der Waals surface area contributed by atoms with E-state index < -0.39 is 0 Å². The van der Waals surface area contributed by atoms with Gasteiger partial charge in [0.25, 0.3) is 5.91 Å². The molecule has 0 radical (unpaired) electrons. The van der Waals surface area contributed by atoms with Crippen molar-refractivity contribution in [3.8, 4) is 0 Å². The molecule has 0 aliphatic carbocycles. The number of rotatable bonds is 5. The third kappa shape index (κ3) is 3.77. The summed E-state index contributed by atoms with van der Waals surface area (Å²) < 4.78 is 5.14. The summed E-state index contributed by atoms with van der Waals surface area (Å²) in [5, 5.41) is 10.2. The Labute approximate surface area is 153 Å². The number of amides is 1. The maximum absolute atomic E-state index is 12.5. The van der Waals surface area contributed by atoms with Crippen molar-refractivity contribution in [3.05, 3.63) is 76.2 Å². The zero-order chi connectivity index (χ0) is 18.7. The molecule has 1 heterocycles. The minimum absolute atomic E-state index is 0.107. The number of hydrogen-bond donors (Lipinski definition) is 2. The molecule has 2 aromatic carbocycles. The van der Waals surface area contributed by atoms with Crippen molar-refractivity contribution in [2.24, 2.45) is 0 Å². The van der Waals surface area contributed by atoms with Crippen molar-refractivity contribution in [1.82, 2.24) is 5.16 Å². The molecule has 0 spiro atoms. The van der Waals surface area contributed by atoms with E-state index in [2.05, 4.69) is 15.8 Å². The Kier molecular flexibility index (Phi) is 5.07. The van der Waals surface area contributed by atoms with Crippen LogP contribution in [-0.2, 0) is 6.54 Å². The topological polar surface area (TPSA) is 67.2 Å². The molecule has 0 unspecified atom stereocenters. The molecule has 0 fully saturated rings. The van der Waals surface area contributed by atoms with E-state index in [0.717, 1.165) is 39.5 Å². The number of carbonyl (C=O) groups excluding carboxylic acids is 1. The standard InChI is InChI=1S/C21H23N3O2/c1-13-6-5-7-19(14(13)2)23-21(25)18-10-8-17(9-11-18)12-22-20-15(3)24-26-16(20)4/h5-11,22H,12H2,1-4H3,(H,23,25). The molecule has 0 atom stereocenters. The van der Waals surface area contributed by atoms with Gasteiger partial charge in [-0.15, -0.1) is 0 Å². The van der Waals surface area contributed by atoms with E-state index in [1.54, 1.807) is 0 Å². The number of hydrogen-bond acceptors (Lipinski definition) is 4. The highest BCUT2D eigenvalue weighted by molar-refractivity contribution is 6.04. The lowest BCUT2D eigenvalue weighted by atomic mass is 10.1. The fourth-order valence-corrected chi connectivity index (χ4v) is 2.78. The van der Waals surface area contributed by atoms with Gasteiger partial charge in [-0.25, -0.2) is 0 Å². The largest absolute Gasteiger partial charge is 0.377 e. The van der Waals surface area contributed by atoms with Gasteiger partial charge in [0.15, 0.2) is 5.76 Å². The van der Waals surface area contributed by atoms with Crippen LogP contribution >= 0.6 is 0 Å². The lowest BCUT2D eigenvalue weighted by Crippen LogP contribution is -2.13. The summed E-state index contributed by atoms with van der Waals surface area (Å²) in [5.41, 5.74) is 6.55. The van der Waals surface area contributed by atoms with Gasteiger partial charge in [0, 0.05) is 17.8 Å². The van der Waals surface area contributed by atoms with Crippen molar-refractivity contribution < 1.29 is 9.32 Å². The van der Waals surface area contributed by atoms with E-state index in [1.807, 2.05) is 70.2 Å². The van der Waals surface area contributed by atoms with Crippen molar-refractivity contribution in [2.75, 3.05) is 10.6 Å². The van der Waals surface area contributed by atoms with Gasteiger partial charge >= 0.3 is 0 Å². The number of nitrogens with one attached hydrogen (secondary N) is 2. The van der Waals surface area contributed by atoms with Crippen LogP contribution in [0.15, 0.2) is 47.0 Å². The van der Waals surface area contributed by atoms with Crippen LogP contribution in [0.5, 0.6) is 0 Å². The lowest BCUT2D eigenvalue weighted by Gasteiger charge is -2.11. The quantitative estimate of drug-likeness (QED) is 0.696. The average molecular weight is 349 g/mol. The summed E-state index contributed by atoms with van der Waals surface area (Å²) in [6.07, 6.45) is 0. The summed E-state index contributed by atoms with van der Waals surface area (Å²) in [4.78, 5) is 12.5. The van der Waals surface area contributed by atoms with E-state index in [4.69, 9.17) is 4.52 Å². The number of carbonyl (C=O) groups is 1. The number of nitrogens with zero attached hydrogens (tertiary/aromatic N) is 1. The molecule has 2 N–H and O–H groups in total. The molecule has 1 amide bonds. The number of aromatic nitrogens is 1. The SMILES string of the molecule is Cc1cccc(NC(=O)c2ccc(CNc3c(C)noc3C)cc2)c1C. The third-order valence-corrected chi connectivity index (χ3v) is 4.57. The Bertz CT molecular complexity index is 907. The Morgan fingerprint density at radius 3 is 2.42 bits per heavy atom. The number of aryl methyl sites for hydroxylation is 3. The van der Waals surface area contributed by atoms with Crippen LogP contribution in [0.2, 0.25) is 0 Å². The second-order valence-electron chi connectivity index (χ2n) is 6.45. The van der Waals surface area contributed by atoms with Gasteiger partial charge < -0.3 is 15.2 Å². The Hall–Kier alpha value is -3.08. The predicted octanol–water partition coefficient (Wildman–Crippen LogP) is 4.77. The van der Waals surface area contributed by atoms with Gasteiger partial charge in [0.05, 0.1) is 0 Å². The molecule has 0 aliphatic heterocycles. The van der Waals surface area contributed by atoms with Crippen LogP contribution in [0.3, 0.4) is 0 Å². The van der Waals surface area contributed by atoms with Crippen molar-refractivity contribution in [1.29, 1.82) is 0 Å². The van der Waals surface area contributed by atoms with E-state index in [1.165, 1.54) is 0 Å². The smallest absolute Gasteiger partial charge is 0.255 e. The van der Waals surface area contributed by atoms with Crippen LogP contribution < -0.4 is 10.6 Å². The van der Waals surface area contributed by atoms with Crippen molar-refractivity contribution >= 4 is 17.3 Å². The maximum atomic E-state index is 12.5. The molecule has 5 heteroatoms. The first-order valence-electron chi connectivity index (χ1n) is 8.59. The van der Waals surface area contributed by atoms with Crippen LogP contribution in [0.4, 0.5) is 11.4 Å². The zero-order valence-electron chi connectivity index (χ0n) is 15.5. The van der Waals surface area contributed by atoms with E-state index in [9.17, 15) is 4.79 Å². The molecule has 1 aromatic heterocycles. The second-order valence-corrected chi connectivity index (χ2v) is 6.45. The van der Waals surface area contributed by atoms with E-state index >= 15 is 0 Å². The molecule has 26 heavy (non-hydrogen) atoms. The van der Waals surface area contributed by atoms with Gasteiger partial charge in [-0.3, -0.25) is 4.79 Å². The van der Waals surface area contributed by atoms with Gasteiger partial charge in [0.2, 0.25) is 0 Å². The maximum Gasteiger partial charge on any atom is 0.255 e. The van der Waals surface area contributed by atoms with Gasteiger partial charge in [0.1, 0.15) is 11.4 Å². The molecule has 5 nitrogen and oxygen atoms in total. The van der Waals surface area contributed by atoms with Crippen LogP contribution in [0.25, 0.3) is 0 Å². The first-order chi connectivity index (χ1) is 12.5. The molecule has 3 aromatic rings. The fraction of sp³-hybridized carbons (Fsp3) is 0.238. The lowest BCUT2D eigenvalue weighted by molar-refractivity contribution is 0.102. The molecular formula is C21H23N3O2. The number of benzene rings is 2. The first kappa shape index (κ1) is 17.7. The molecule has 0 saturated carbocycles. The molecule has 3 rings (SSSR count). The highest BCUT2D eigenvalue weighted by Crippen LogP contribution is 2.21. The average Bonchev–Trinajstić information content (AvgIpc) is 2.95. The molecule has 0 saturated heterocycles. The van der Waals surface area contributed by atoms with Crippen LogP contribution in [-0.4, -0.2) is 11.1 Å². The monoisotopic (exact) mass is 349 g/mol. The molecule has 0 aliphatic rings. The Morgan fingerprint density at radius 2 is 1.77 bits per heavy atom. The van der Waals surface area contributed by atoms with Crippen LogP contribution in [0.1, 0.15) is 38.5 Å². The summed E-state index contributed by atoms with van der Waals surface area (Å²) in [6.45, 7) is 8.46. The highest BCUT2D eigenvalue weighted by Gasteiger charge is 2.10. The summed E-state index contributed by atoms with van der Waals surface area (Å²) in [7, 11) is 0. The van der Waals surface area contributed by atoms with Gasteiger partial charge in [-0.2, -0.15) is 0 Å². The summed E-state index contributed by atoms with van der Waals surface area (Å²) in [5.74, 6) is 0.663. The van der Waals surface area contributed by atoms with Crippen LogP contribution in [0, 0.1) is 27.7 Å². The summed E-state index contributed by atoms with van der Waals surface area (Å²) in [6, 6.07) is 13.5. The first-order valence-corrected chi connectivity index (χ1v) is 8.59. The minimum atomic E-state index is -0.107. The molecule has 0 bridgehead atoms. The summed E-state index contributed by atoms with van der Waals surface area (Å²) >= 11 is 0. The Morgan fingerprint density at radius 1 is 1.04 bits per heavy atom. The Balaban J connectivity index is 1.65. The van der Waals surface area contributed by atoms with Crippen molar-refractivity contribution in [3.63, 3.8) is 0 Å². The molecule has 134 valence electrons. The second kappa shape index (κ2) is 7.44. The minimum Gasteiger partial charge on any atom is -0.377 e. The fourth-order valence-electron chi connectivity index (χ4n) is 2.78. The molecular weight excluding hydrogens is 326 g/mol. The third-order valence-electron chi connectivity index (χ3n) is 4.57. The van der Waals surface area contributed by atoms with Gasteiger partial charge in [-0.1, -0.05) is 29.4 Å². The number of anilines is 2. The van der Waals surface area contributed by atoms with Crippen molar-refractivity contribution in [2.45, 2.75) is 34.2 Å². The highest BCUT2D eigenvalue weighted by atomic mass is 16.5.